The molecule has 0 amide bonds. The van der Waals surface area contributed by atoms with Gasteiger partial charge in [-0.3, -0.25) is 0 Å². The Morgan fingerprint density at radius 2 is 2.00 bits per heavy atom. The van der Waals surface area contributed by atoms with Gasteiger partial charge in [-0.15, -0.1) is 0 Å². The Balaban J connectivity index is 2.73. The van der Waals surface area contributed by atoms with Crippen LogP contribution in [0.25, 0.3) is 0 Å². The van der Waals surface area contributed by atoms with Crippen molar-refractivity contribution in [3.05, 3.63) is 48.0 Å². The van der Waals surface area contributed by atoms with Crippen molar-refractivity contribution in [3.8, 4) is 0 Å². The largest absolute Gasteiger partial charge is 0.329 e. The molecule has 1 aromatic carbocycles. The highest BCUT2D eigenvalue weighted by Gasteiger charge is 2.25. The van der Waals surface area contributed by atoms with Gasteiger partial charge in [0.15, 0.2) is 0 Å². The van der Waals surface area contributed by atoms with E-state index in [-0.39, 0.29) is 5.54 Å². The van der Waals surface area contributed by atoms with Crippen molar-refractivity contribution in [1.82, 2.24) is 5.32 Å². The summed E-state index contributed by atoms with van der Waals surface area (Å²) in [5, 5.41) is 3.56. The summed E-state index contributed by atoms with van der Waals surface area (Å²) in [5.74, 6) is 0. The van der Waals surface area contributed by atoms with Gasteiger partial charge in [-0.05, 0) is 25.3 Å². The van der Waals surface area contributed by atoms with Crippen LogP contribution < -0.4 is 11.1 Å². The van der Waals surface area contributed by atoms with E-state index in [1.807, 2.05) is 13.0 Å². The zero-order chi connectivity index (χ0) is 12.7. The predicted molar refractivity (Wildman–Crippen MR) is 75.0 cm³/mol. The number of hydrogen-bond donors (Lipinski definition) is 2. The smallest absolute Gasteiger partial charge is 0.0344 e. The molecule has 17 heavy (non-hydrogen) atoms. The Hall–Kier alpha value is -1.12. The maximum Gasteiger partial charge on any atom is 0.0344 e. The number of hydrogen-bond acceptors (Lipinski definition) is 2. The van der Waals surface area contributed by atoms with Crippen LogP contribution in [0.4, 0.5) is 0 Å². The van der Waals surface area contributed by atoms with Gasteiger partial charge in [0.05, 0.1) is 0 Å². The third-order valence-corrected chi connectivity index (χ3v) is 3.22. The molecule has 94 valence electrons. The van der Waals surface area contributed by atoms with Gasteiger partial charge in [-0.2, -0.15) is 0 Å². The quantitative estimate of drug-likeness (QED) is 0.709. The minimum atomic E-state index is -0.0136. The van der Waals surface area contributed by atoms with Crippen molar-refractivity contribution in [3.63, 3.8) is 0 Å². The number of benzene rings is 1. The first-order valence-electron chi connectivity index (χ1n) is 6.25. The second kappa shape index (κ2) is 6.58. The molecule has 2 heteroatoms. The van der Waals surface area contributed by atoms with Crippen LogP contribution in [0.3, 0.4) is 0 Å². The molecule has 1 aromatic rings. The monoisotopic (exact) mass is 232 g/mol. The number of nitrogens with one attached hydrogen (secondary N) is 1. The predicted octanol–water partition coefficient (Wildman–Crippen LogP) is 2.50. The van der Waals surface area contributed by atoms with Crippen LogP contribution >= 0.6 is 0 Å². The lowest BCUT2D eigenvalue weighted by Gasteiger charge is -2.33. The molecule has 0 spiro atoms. The molecule has 0 aliphatic heterocycles. The summed E-state index contributed by atoms with van der Waals surface area (Å²) in [6.07, 6.45) is 1.99. The van der Waals surface area contributed by atoms with E-state index < -0.39 is 0 Å². The standard InChI is InChI=1S/C15H24N2/c1-4-15(12-16,17-11-13(2)3)10-14-8-6-5-7-9-14/h5-9,17H,2,4,10-12,16H2,1,3H3. The lowest BCUT2D eigenvalue weighted by molar-refractivity contribution is 0.329. The Labute approximate surface area is 105 Å². The van der Waals surface area contributed by atoms with Crippen LogP contribution in [0.5, 0.6) is 0 Å². The van der Waals surface area contributed by atoms with Crippen molar-refractivity contribution in [1.29, 1.82) is 0 Å². The average Bonchev–Trinajstić information content (AvgIpc) is 2.36. The highest BCUT2D eigenvalue weighted by Crippen LogP contribution is 2.16. The molecule has 0 radical (unpaired) electrons. The van der Waals surface area contributed by atoms with Gasteiger partial charge in [0, 0.05) is 18.6 Å². The van der Waals surface area contributed by atoms with Gasteiger partial charge in [0.2, 0.25) is 0 Å². The first-order chi connectivity index (χ1) is 8.12. The maximum absolute atomic E-state index is 5.96. The summed E-state index contributed by atoms with van der Waals surface area (Å²) in [5.41, 5.74) is 8.42. The Morgan fingerprint density at radius 3 is 2.47 bits per heavy atom. The summed E-state index contributed by atoms with van der Waals surface area (Å²) in [4.78, 5) is 0. The van der Waals surface area contributed by atoms with Gasteiger partial charge in [-0.1, -0.05) is 49.4 Å². The molecule has 2 nitrogen and oxygen atoms in total. The van der Waals surface area contributed by atoms with Crippen LogP contribution in [-0.2, 0) is 6.42 Å². The van der Waals surface area contributed by atoms with Crippen molar-refractivity contribution in [2.75, 3.05) is 13.1 Å². The summed E-state index contributed by atoms with van der Waals surface area (Å²) in [7, 11) is 0. The zero-order valence-corrected chi connectivity index (χ0v) is 11.0. The fraction of sp³-hybridized carbons (Fsp3) is 0.467. The fourth-order valence-electron chi connectivity index (χ4n) is 1.93. The number of rotatable bonds is 7. The molecule has 0 bridgehead atoms. The molecule has 0 aliphatic carbocycles. The SMILES string of the molecule is C=C(C)CNC(CC)(CN)Cc1ccccc1. The Morgan fingerprint density at radius 1 is 1.35 bits per heavy atom. The molecule has 0 saturated carbocycles. The maximum atomic E-state index is 5.96. The van der Waals surface area contributed by atoms with E-state index in [4.69, 9.17) is 5.73 Å². The van der Waals surface area contributed by atoms with Crippen molar-refractivity contribution < 1.29 is 0 Å². The van der Waals surface area contributed by atoms with E-state index in [9.17, 15) is 0 Å². The molecular formula is C15H24N2. The topological polar surface area (TPSA) is 38.0 Å². The van der Waals surface area contributed by atoms with E-state index in [2.05, 4.69) is 43.1 Å². The van der Waals surface area contributed by atoms with E-state index in [0.717, 1.165) is 25.0 Å². The van der Waals surface area contributed by atoms with Gasteiger partial charge < -0.3 is 11.1 Å². The van der Waals surface area contributed by atoms with E-state index in [1.165, 1.54) is 5.56 Å². The lowest BCUT2D eigenvalue weighted by Crippen LogP contribution is -2.53. The average molecular weight is 232 g/mol. The van der Waals surface area contributed by atoms with Gasteiger partial charge >= 0.3 is 0 Å². The van der Waals surface area contributed by atoms with Crippen LogP contribution in [0, 0.1) is 0 Å². The minimum Gasteiger partial charge on any atom is -0.329 e. The molecule has 3 N–H and O–H groups in total. The third kappa shape index (κ3) is 4.33. The van der Waals surface area contributed by atoms with Gasteiger partial charge in [0.25, 0.3) is 0 Å². The zero-order valence-electron chi connectivity index (χ0n) is 11.0. The van der Waals surface area contributed by atoms with Crippen LogP contribution in [0.1, 0.15) is 25.8 Å². The van der Waals surface area contributed by atoms with Crippen LogP contribution in [0.2, 0.25) is 0 Å². The van der Waals surface area contributed by atoms with Crippen molar-refractivity contribution in [2.24, 2.45) is 5.73 Å². The van der Waals surface area contributed by atoms with E-state index >= 15 is 0 Å². The second-order valence-electron chi connectivity index (χ2n) is 4.81. The molecule has 0 aliphatic rings. The van der Waals surface area contributed by atoms with E-state index in [1.54, 1.807) is 0 Å². The first kappa shape index (κ1) is 13.9. The first-order valence-corrected chi connectivity index (χ1v) is 6.25. The second-order valence-corrected chi connectivity index (χ2v) is 4.81. The molecule has 0 aromatic heterocycles. The highest BCUT2D eigenvalue weighted by molar-refractivity contribution is 5.18. The summed E-state index contributed by atoms with van der Waals surface area (Å²) < 4.78 is 0. The fourth-order valence-corrected chi connectivity index (χ4v) is 1.93. The molecule has 1 atom stereocenters. The molecular weight excluding hydrogens is 208 g/mol. The molecule has 0 saturated heterocycles. The molecule has 0 heterocycles. The van der Waals surface area contributed by atoms with Crippen LogP contribution in [0.15, 0.2) is 42.5 Å². The Kier molecular flexibility index (Phi) is 5.39. The van der Waals surface area contributed by atoms with E-state index in [0.29, 0.717) is 6.54 Å². The lowest BCUT2D eigenvalue weighted by atomic mass is 9.88. The summed E-state index contributed by atoms with van der Waals surface area (Å²) >= 11 is 0. The van der Waals surface area contributed by atoms with Crippen molar-refractivity contribution in [2.45, 2.75) is 32.2 Å². The normalized spacial score (nSPS) is 14.3. The summed E-state index contributed by atoms with van der Waals surface area (Å²) in [6.45, 7) is 9.62. The minimum absolute atomic E-state index is 0.0136. The Bertz CT molecular complexity index is 339. The van der Waals surface area contributed by atoms with Gasteiger partial charge in [-0.25, -0.2) is 0 Å². The third-order valence-electron chi connectivity index (χ3n) is 3.22. The molecule has 0 fully saturated rings. The molecule has 1 unspecified atom stereocenters. The van der Waals surface area contributed by atoms with Gasteiger partial charge in [0.1, 0.15) is 0 Å². The molecule has 1 rings (SSSR count). The van der Waals surface area contributed by atoms with Crippen molar-refractivity contribution >= 4 is 0 Å². The van der Waals surface area contributed by atoms with Crippen LogP contribution in [-0.4, -0.2) is 18.6 Å². The highest BCUT2D eigenvalue weighted by atomic mass is 15.0. The number of nitrogens with two attached hydrogens (primary N) is 1. The summed E-state index contributed by atoms with van der Waals surface area (Å²) in [6, 6.07) is 10.5.